The van der Waals surface area contributed by atoms with E-state index in [-0.39, 0.29) is 10.8 Å². The van der Waals surface area contributed by atoms with Crippen LogP contribution in [0.2, 0.25) is 0 Å². The highest BCUT2D eigenvalue weighted by Gasteiger charge is 2.23. The third kappa shape index (κ3) is 3.79. The lowest BCUT2D eigenvalue weighted by Gasteiger charge is -2.10. The number of nitrogens with one attached hydrogen (secondary N) is 3. The van der Waals surface area contributed by atoms with Crippen LogP contribution in [0.15, 0.2) is 4.90 Å². The number of hydrogen-bond acceptors (Lipinski definition) is 4. The molecular weight excluding hydrogens is 252 g/mol. The van der Waals surface area contributed by atoms with E-state index in [2.05, 4.69) is 20.2 Å². The molecule has 0 unspecified atom stereocenters. The van der Waals surface area contributed by atoms with Crippen molar-refractivity contribution in [2.75, 3.05) is 13.1 Å². The molecular formula is C11H22N4O2S. The fourth-order valence-corrected chi connectivity index (χ4v) is 3.11. The van der Waals surface area contributed by atoms with Crippen molar-refractivity contribution in [3.05, 3.63) is 11.4 Å². The number of aromatic nitrogens is 2. The molecule has 0 fully saturated rings. The SMILES string of the molecule is CCNCc1n[nH]c(C)c1S(=O)(=O)NCC(C)C. The fourth-order valence-electron chi connectivity index (χ4n) is 1.54. The number of sulfonamides is 1. The van der Waals surface area contributed by atoms with E-state index in [4.69, 9.17) is 0 Å². The van der Waals surface area contributed by atoms with E-state index in [1.807, 2.05) is 20.8 Å². The molecule has 0 bridgehead atoms. The molecule has 0 amide bonds. The highest BCUT2D eigenvalue weighted by atomic mass is 32.2. The summed E-state index contributed by atoms with van der Waals surface area (Å²) in [7, 11) is -3.49. The van der Waals surface area contributed by atoms with Gasteiger partial charge >= 0.3 is 0 Å². The van der Waals surface area contributed by atoms with Crippen molar-refractivity contribution >= 4 is 10.0 Å². The van der Waals surface area contributed by atoms with Gasteiger partial charge in [0.2, 0.25) is 10.0 Å². The van der Waals surface area contributed by atoms with Crippen LogP contribution >= 0.6 is 0 Å². The smallest absolute Gasteiger partial charge is 0.244 e. The maximum absolute atomic E-state index is 12.2. The number of aromatic amines is 1. The van der Waals surface area contributed by atoms with E-state index in [1.54, 1.807) is 6.92 Å². The van der Waals surface area contributed by atoms with Gasteiger partial charge in [0, 0.05) is 13.1 Å². The average molecular weight is 274 g/mol. The molecule has 0 aromatic carbocycles. The Labute approximate surface area is 109 Å². The first-order valence-electron chi connectivity index (χ1n) is 6.12. The van der Waals surface area contributed by atoms with Gasteiger partial charge in [0.1, 0.15) is 4.90 Å². The first-order chi connectivity index (χ1) is 8.38. The summed E-state index contributed by atoms with van der Waals surface area (Å²) in [4.78, 5) is 0.268. The summed E-state index contributed by atoms with van der Waals surface area (Å²) in [5.74, 6) is 0.268. The molecule has 3 N–H and O–H groups in total. The van der Waals surface area contributed by atoms with E-state index >= 15 is 0 Å². The summed E-state index contributed by atoms with van der Waals surface area (Å²) < 4.78 is 27.0. The van der Waals surface area contributed by atoms with Crippen LogP contribution in [0.1, 0.15) is 32.2 Å². The van der Waals surface area contributed by atoms with Gasteiger partial charge in [0.25, 0.3) is 0 Å². The number of hydrogen-bond donors (Lipinski definition) is 3. The fraction of sp³-hybridized carbons (Fsp3) is 0.727. The van der Waals surface area contributed by atoms with E-state index in [9.17, 15) is 8.42 Å². The molecule has 104 valence electrons. The second kappa shape index (κ2) is 6.31. The lowest BCUT2D eigenvalue weighted by molar-refractivity contribution is 0.557. The molecule has 0 aliphatic rings. The Kier molecular flexibility index (Phi) is 5.30. The van der Waals surface area contributed by atoms with Crippen molar-refractivity contribution in [1.82, 2.24) is 20.2 Å². The number of aryl methyl sites for hydroxylation is 1. The van der Waals surface area contributed by atoms with Crippen molar-refractivity contribution in [2.45, 2.75) is 39.1 Å². The lowest BCUT2D eigenvalue weighted by atomic mass is 10.2. The molecule has 0 aliphatic carbocycles. The molecule has 0 saturated carbocycles. The van der Waals surface area contributed by atoms with Gasteiger partial charge in [-0.2, -0.15) is 5.10 Å². The highest BCUT2D eigenvalue weighted by molar-refractivity contribution is 7.89. The van der Waals surface area contributed by atoms with Gasteiger partial charge < -0.3 is 5.32 Å². The van der Waals surface area contributed by atoms with Crippen LogP contribution in [0.4, 0.5) is 0 Å². The topological polar surface area (TPSA) is 86.9 Å². The Bertz CT molecular complexity index is 479. The molecule has 1 heterocycles. The van der Waals surface area contributed by atoms with Crippen LogP contribution in [0.5, 0.6) is 0 Å². The number of H-pyrrole nitrogens is 1. The number of nitrogens with zero attached hydrogens (tertiary/aromatic N) is 1. The van der Waals surface area contributed by atoms with Gasteiger partial charge in [0.05, 0.1) is 11.4 Å². The molecule has 18 heavy (non-hydrogen) atoms. The van der Waals surface area contributed by atoms with Gasteiger partial charge in [-0.15, -0.1) is 0 Å². The quantitative estimate of drug-likeness (QED) is 0.685. The van der Waals surface area contributed by atoms with Gasteiger partial charge in [-0.05, 0) is 19.4 Å². The second-order valence-electron chi connectivity index (χ2n) is 4.65. The summed E-state index contributed by atoms with van der Waals surface area (Å²) in [6, 6.07) is 0. The maximum atomic E-state index is 12.2. The Morgan fingerprint density at radius 1 is 1.39 bits per heavy atom. The van der Waals surface area contributed by atoms with E-state index in [0.29, 0.717) is 24.5 Å². The zero-order chi connectivity index (χ0) is 13.8. The Morgan fingerprint density at radius 2 is 2.06 bits per heavy atom. The van der Waals surface area contributed by atoms with Crippen molar-refractivity contribution in [1.29, 1.82) is 0 Å². The third-order valence-electron chi connectivity index (χ3n) is 2.45. The molecule has 0 spiro atoms. The van der Waals surface area contributed by atoms with Gasteiger partial charge in [-0.3, -0.25) is 5.10 Å². The Morgan fingerprint density at radius 3 is 2.61 bits per heavy atom. The van der Waals surface area contributed by atoms with E-state index < -0.39 is 10.0 Å². The Balaban J connectivity index is 2.96. The van der Waals surface area contributed by atoms with Crippen LogP contribution < -0.4 is 10.0 Å². The minimum atomic E-state index is -3.49. The van der Waals surface area contributed by atoms with Crippen molar-refractivity contribution in [2.24, 2.45) is 5.92 Å². The molecule has 1 rings (SSSR count). The molecule has 0 aliphatic heterocycles. The monoisotopic (exact) mass is 274 g/mol. The molecule has 0 radical (unpaired) electrons. The molecule has 1 aromatic rings. The van der Waals surface area contributed by atoms with Crippen LogP contribution in [0, 0.1) is 12.8 Å². The average Bonchev–Trinajstić information content (AvgIpc) is 2.66. The summed E-state index contributed by atoms with van der Waals surface area (Å²) >= 11 is 0. The predicted molar refractivity (Wildman–Crippen MR) is 70.7 cm³/mol. The predicted octanol–water partition coefficient (Wildman–Crippen LogP) is 0.762. The van der Waals surface area contributed by atoms with Gasteiger partial charge in [0.15, 0.2) is 0 Å². The molecule has 0 atom stereocenters. The van der Waals surface area contributed by atoms with Crippen LogP contribution in [0.3, 0.4) is 0 Å². The van der Waals surface area contributed by atoms with Crippen LogP contribution in [-0.4, -0.2) is 31.7 Å². The minimum absolute atomic E-state index is 0.268. The maximum Gasteiger partial charge on any atom is 0.244 e. The Hall–Kier alpha value is -0.920. The third-order valence-corrected chi connectivity index (χ3v) is 4.08. The molecule has 0 saturated heterocycles. The normalized spacial score (nSPS) is 12.3. The summed E-state index contributed by atoms with van der Waals surface area (Å²) in [5.41, 5.74) is 1.10. The summed E-state index contributed by atoms with van der Waals surface area (Å²) in [6.45, 7) is 9.24. The van der Waals surface area contributed by atoms with Crippen LogP contribution in [0.25, 0.3) is 0 Å². The first kappa shape index (κ1) is 15.1. The van der Waals surface area contributed by atoms with Crippen molar-refractivity contribution in [3.8, 4) is 0 Å². The van der Waals surface area contributed by atoms with E-state index in [0.717, 1.165) is 6.54 Å². The first-order valence-corrected chi connectivity index (χ1v) is 7.61. The van der Waals surface area contributed by atoms with E-state index in [1.165, 1.54) is 0 Å². The van der Waals surface area contributed by atoms with Crippen molar-refractivity contribution < 1.29 is 8.42 Å². The van der Waals surface area contributed by atoms with Crippen LogP contribution in [-0.2, 0) is 16.6 Å². The largest absolute Gasteiger partial charge is 0.311 e. The van der Waals surface area contributed by atoms with Gasteiger partial charge in [-0.1, -0.05) is 20.8 Å². The highest BCUT2D eigenvalue weighted by Crippen LogP contribution is 2.17. The molecule has 1 aromatic heterocycles. The summed E-state index contributed by atoms with van der Waals surface area (Å²) in [5, 5.41) is 9.85. The zero-order valence-corrected chi connectivity index (χ0v) is 12.2. The zero-order valence-electron chi connectivity index (χ0n) is 11.4. The number of rotatable bonds is 7. The second-order valence-corrected chi connectivity index (χ2v) is 6.35. The van der Waals surface area contributed by atoms with Crippen molar-refractivity contribution in [3.63, 3.8) is 0 Å². The molecule has 6 nitrogen and oxygen atoms in total. The molecule has 7 heteroatoms. The summed E-state index contributed by atoms with van der Waals surface area (Å²) in [6.07, 6.45) is 0. The lowest BCUT2D eigenvalue weighted by Crippen LogP contribution is -2.29. The van der Waals surface area contributed by atoms with Gasteiger partial charge in [-0.25, -0.2) is 13.1 Å². The standard InChI is InChI=1S/C11H22N4O2S/c1-5-12-7-10-11(9(4)14-15-10)18(16,17)13-6-8(2)3/h8,12-13H,5-7H2,1-4H3,(H,14,15). The minimum Gasteiger partial charge on any atom is -0.311 e.